The lowest BCUT2D eigenvalue weighted by Crippen LogP contribution is -2.29. The lowest BCUT2D eigenvalue weighted by atomic mass is 10.2. The van der Waals surface area contributed by atoms with Gasteiger partial charge in [-0.15, -0.1) is 11.3 Å². The summed E-state index contributed by atoms with van der Waals surface area (Å²) in [4.78, 5) is 17.6. The lowest BCUT2D eigenvalue weighted by Gasteiger charge is -2.20. The number of hydrogen-bond donors (Lipinski definition) is 0. The first-order valence-corrected chi connectivity index (χ1v) is 15.3. The minimum absolute atomic E-state index is 0.0498. The molecule has 0 saturated carbocycles. The van der Waals surface area contributed by atoms with Gasteiger partial charge in [0.25, 0.3) is 0 Å². The van der Waals surface area contributed by atoms with Gasteiger partial charge in [0, 0.05) is 53.2 Å². The summed E-state index contributed by atoms with van der Waals surface area (Å²) in [5.41, 5.74) is 2.52. The number of aryl methyl sites for hydroxylation is 1. The van der Waals surface area contributed by atoms with Gasteiger partial charge in [0.1, 0.15) is 12.4 Å². The molecular weight excluding hydrogens is 584 g/mol. The molecule has 1 aliphatic rings. The van der Waals surface area contributed by atoms with Gasteiger partial charge in [0.2, 0.25) is 5.78 Å². The molecule has 0 spiro atoms. The number of ether oxygens (including phenoxy) is 1. The highest BCUT2D eigenvalue weighted by molar-refractivity contribution is 7.87. The molecule has 16 nitrogen and oxygen atoms in total. The summed E-state index contributed by atoms with van der Waals surface area (Å²) in [5, 5.41) is 14.4. The van der Waals surface area contributed by atoms with Crippen molar-refractivity contribution in [3.63, 3.8) is 0 Å². The number of aromatic nitrogens is 6. The highest BCUT2D eigenvalue weighted by Gasteiger charge is 2.26. The van der Waals surface area contributed by atoms with Gasteiger partial charge in [-0.2, -0.15) is 48.9 Å². The van der Waals surface area contributed by atoms with Crippen molar-refractivity contribution in [1.82, 2.24) is 41.5 Å². The second-order valence-electron chi connectivity index (χ2n) is 9.14. The number of nitrogens with zero attached hydrogens (tertiary/aromatic N) is 10. The quantitative estimate of drug-likeness (QED) is 0.245. The average molecular weight is 611 g/mol. The molecule has 0 amide bonds. The summed E-state index contributed by atoms with van der Waals surface area (Å²) < 4.78 is 61.3. The van der Waals surface area contributed by atoms with Gasteiger partial charge in [0.15, 0.2) is 10.7 Å². The number of rotatable bonds is 8. The van der Waals surface area contributed by atoms with E-state index >= 15 is 0 Å². The molecule has 0 fully saturated rings. The van der Waals surface area contributed by atoms with Crippen LogP contribution in [-0.4, -0.2) is 105 Å². The van der Waals surface area contributed by atoms with Crippen LogP contribution in [0.4, 0.5) is 0 Å². The zero-order chi connectivity index (χ0) is 29.0. The van der Waals surface area contributed by atoms with Crippen molar-refractivity contribution in [2.24, 2.45) is 12.1 Å². The smallest absolute Gasteiger partial charge is 0.322 e. The lowest BCUT2D eigenvalue weighted by molar-refractivity contribution is 0.0118. The first kappa shape index (κ1) is 28.1. The Hall–Kier alpha value is -3.49. The van der Waals surface area contributed by atoms with Crippen LogP contribution < -0.4 is 0 Å². The van der Waals surface area contributed by atoms with Crippen molar-refractivity contribution in [1.29, 1.82) is 0 Å². The SMILES string of the molecule is CN(C)S(=O)(=O)n1ccc(CN2COCc3c(c4sc(C(=O)c5ccn(S(=O)(=O)N(C)C)n5)nc4n3C)/C=N\2)n1. The van der Waals surface area contributed by atoms with Gasteiger partial charge in [-0.3, -0.25) is 9.80 Å². The fraction of sp³-hybridized carbons (Fsp3) is 0.381. The summed E-state index contributed by atoms with van der Waals surface area (Å²) in [7, 11) is -0.195. The molecule has 4 aromatic heterocycles. The van der Waals surface area contributed by atoms with Crippen molar-refractivity contribution in [2.75, 3.05) is 34.9 Å². The third-order valence-corrected chi connectivity index (χ3v) is 10.3. The Morgan fingerprint density at radius 1 is 1.02 bits per heavy atom. The summed E-state index contributed by atoms with van der Waals surface area (Å²) in [6.45, 7) is 0.581. The molecule has 0 bridgehead atoms. The Morgan fingerprint density at radius 3 is 2.35 bits per heavy atom. The molecule has 1 aliphatic heterocycles. The van der Waals surface area contributed by atoms with Gasteiger partial charge in [-0.05, 0) is 12.1 Å². The van der Waals surface area contributed by atoms with Crippen molar-refractivity contribution >= 4 is 54.1 Å². The van der Waals surface area contributed by atoms with Gasteiger partial charge in [-0.1, -0.05) is 0 Å². The molecule has 0 N–H and O–H groups in total. The van der Waals surface area contributed by atoms with Gasteiger partial charge < -0.3 is 9.30 Å². The maximum absolute atomic E-state index is 13.1. The van der Waals surface area contributed by atoms with Crippen molar-refractivity contribution < 1.29 is 26.4 Å². The predicted octanol–water partition coefficient (Wildman–Crippen LogP) is -0.108. The van der Waals surface area contributed by atoms with Crippen LogP contribution >= 0.6 is 11.3 Å². The van der Waals surface area contributed by atoms with E-state index in [1.165, 1.54) is 46.7 Å². The van der Waals surface area contributed by atoms with E-state index < -0.39 is 26.2 Å². The predicted molar refractivity (Wildman–Crippen MR) is 145 cm³/mol. The fourth-order valence-electron chi connectivity index (χ4n) is 3.81. The number of fused-ring (bicyclic) bond motifs is 3. The zero-order valence-corrected chi connectivity index (χ0v) is 24.6. The maximum Gasteiger partial charge on any atom is 0.322 e. The first-order chi connectivity index (χ1) is 18.8. The normalized spacial score (nSPS) is 15.5. The largest absolute Gasteiger partial charge is 0.353 e. The highest BCUT2D eigenvalue weighted by atomic mass is 32.2. The Morgan fingerprint density at radius 2 is 1.68 bits per heavy atom. The second kappa shape index (κ2) is 10.2. The Bertz CT molecular complexity index is 1850. The van der Waals surface area contributed by atoms with E-state index in [0.29, 0.717) is 16.0 Å². The van der Waals surface area contributed by atoms with E-state index in [1.807, 2.05) is 11.6 Å². The molecule has 0 unspecified atom stereocenters. The molecule has 0 saturated heterocycles. The van der Waals surface area contributed by atoms with Crippen LogP contribution in [0, 0.1) is 0 Å². The number of carbonyl (C=O) groups is 1. The van der Waals surface area contributed by atoms with E-state index in [-0.39, 0.29) is 30.6 Å². The second-order valence-corrected chi connectivity index (χ2v) is 14.1. The van der Waals surface area contributed by atoms with E-state index in [0.717, 1.165) is 39.4 Å². The van der Waals surface area contributed by atoms with Gasteiger partial charge >= 0.3 is 20.4 Å². The third-order valence-electron chi connectivity index (χ3n) is 6.07. The topological polar surface area (TPSA) is 170 Å². The Kier molecular flexibility index (Phi) is 7.13. The van der Waals surface area contributed by atoms with E-state index in [1.54, 1.807) is 17.3 Å². The standard InChI is InChI=1S/C21H26N10O6S3/c1-26(2)39(33,34)30-8-6-14(24-30)11-29-13-37-12-17-15(10-22-29)19-20(28(17)5)23-21(38-19)18(32)16-7-9-31(25-16)40(35,36)27(3)4/h6-10H,11-13H2,1-5H3/b22-10-. The van der Waals surface area contributed by atoms with Crippen molar-refractivity contribution in [3.8, 4) is 0 Å². The molecule has 0 radical (unpaired) electrons. The van der Waals surface area contributed by atoms with E-state index in [4.69, 9.17) is 4.74 Å². The molecule has 0 atom stereocenters. The zero-order valence-electron chi connectivity index (χ0n) is 22.2. The van der Waals surface area contributed by atoms with Crippen LogP contribution in [0.5, 0.6) is 0 Å². The van der Waals surface area contributed by atoms with Crippen LogP contribution in [0.1, 0.15) is 32.4 Å². The van der Waals surface area contributed by atoms with Crippen LogP contribution in [0.3, 0.4) is 0 Å². The minimum Gasteiger partial charge on any atom is -0.353 e. The number of thiazole rings is 1. The van der Waals surface area contributed by atoms with Crippen LogP contribution in [0.25, 0.3) is 10.3 Å². The molecule has 5 heterocycles. The summed E-state index contributed by atoms with van der Waals surface area (Å²) in [6, 6.07) is 2.92. The van der Waals surface area contributed by atoms with E-state index in [9.17, 15) is 21.6 Å². The molecule has 4 aromatic rings. The summed E-state index contributed by atoms with van der Waals surface area (Å²) in [5.74, 6) is -0.508. The van der Waals surface area contributed by atoms with Crippen molar-refractivity contribution in [2.45, 2.75) is 13.2 Å². The molecule has 0 aliphatic carbocycles. The van der Waals surface area contributed by atoms with Crippen LogP contribution in [-0.2, 0) is 45.4 Å². The van der Waals surface area contributed by atoms with Crippen LogP contribution in [0.15, 0.2) is 29.6 Å². The highest BCUT2D eigenvalue weighted by Crippen LogP contribution is 2.32. The number of carbonyl (C=O) groups excluding carboxylic acids is 1. The average Bonchev–Trinajstić information content (AvgIpc) is 3.67. The Balaban J connectivity index is 1.41. The summed E-state index contributed by atoms with van der Waals surface area (Å²) >= 11 is 1.15. The molecule has 214 valence electrons. The van der Waals surface area contributed by atoms with Crippen LogP contribution in [0.2, 0.25) is 0 Å². The maximum atomic E-state index is 13.1. The molecule has 5 rings (SSSR count). The fourth-order valence-corrected chi connectivity index (χ4v) is 6.38. The van der Waals surface area contributed by atoms with Gasteiger partial charge in [-0.25, -0.2) is 4.98 Å². The number of ketones is 1. The first-order valence-electron chi connectivity index (χ1n) is 11.7. The number of hydrogen-bond acceptors (Lipinski definition) is 12. The van der Waals surface area contributed by atoms with E-state index in [2.05, 4.69) is 20.3 Å². The van der Waals surface area contributed by atoms with Crippen molar-refractivity contribution in [3.05, 3.63) is 52.2 Å². The van der Waals surface area contributed by atoms with Gasteiger partial charge in [0.05, 0.1) is 35.5 Å². The molecule has 19 heteroatoms. The number of hydrazone groups is 1. The molecular formula is C21H26N10O6S3. The molecule has 40 heavy (non-hydrogen) atoms. The third kappa shape index (κ3) is 4.84. The molecule has 0 aromatic carbocycles. The monoisotopic (exact) mass is 610 g/mol. The Labute approximate surface area is 234 Å². The minimum atomic E-state index is -3.86. The summed E-state index contributed by atoms with van der Waals surface area (Å²) in [6.07, 6.45) is 4.23.